The van der Waals surface area contributed by atoms with Crippen molar-refractivity contribution in [1.82, 2.24) is 4.98 Å². The van der Waals surface area contributed by atoms with Crippen LogP contribution in [0, 0.1) is 0 Å². The van der Waals surface area contributed by atoms with E-state index in [1.165, 1.54) is 0 Å². The molecule has 0 aliphatic carbocycles. The van der Waals surface area contributed by atoms with E-state index in [2.05, 4.69) is 15.6 Å². The van der Waals surface area contributed by atoms with Gasteiger partial charge in [0.15, 0.2) is 0 Å². The standard InChI is InChI=1S/C14H15N3OS/c1-15-11-5-8-13(16-9-11)14(18)17-10-3-6-12(19-2)7-4-10/h3-9,15H,1-2H3,(H,17,18). The Morgan fingerprint density at radius 3 is 2.32 bits per heavy atom. The van der Waals surface area contributed by atoms with Crippen LogP contribution < -0.4 is 10.6 Å². The Morgan fingerprint density at radius 2 is 1.79 bits per heavy atom. The predicted molar refractivity (Wildman–Crippen MR) is 80.0 cm³/mol. The number of anilines is 2. The smallest absolute Gasteiger partial charge is 0.274 e. The van der Waals surface area contributed by atoms with E-state index in [1.807, 2.05) is 43.6 Å². The van der Waals surface area contributed by atoms with Gasteiger partial charge in [-0.15, -0.1) is 11.8 Å². The number of pyridine rings is 1. The van der Waals surface area contributed by atoms with E-state index in [4.69, 9.17) is 0 Å². The van der Waals surface area contributed by atoms with E-state index in [9.17, 15) is 4.79 Å². The summed E-state index contributed by atoms with van der Waals surface area (Å²) in [6, 6.07) is 11.2. The first-order chi connectivity index (χ1) is 9.22. The van der Waals surface area contributed by atoms with Crippen molar-refractivity contribution in [3.05, 3.63) is 48.3 Å². The molecule has 0 fully saturated rings. The number of amides is 1. The second-order valence-corrected chi connectivity index (χ2v) is 4.74. The lowest BCUT2D eigenvalue weighted by molar-refractivity contribution is 0.102. The molecule has 1 heterocycles. The van der Waals surface area contributed by atoms with Gasteiger partial charge in [-0.25, -0.2) is 4.98 Å². The molecule has 4 nitrogen and oxygen atoms in total. The molecule has 0 saturated carbocycles. The van der Waals surface area contributed by atoms with E-state index >= 15 is 0 Å². The summed E-state index contributed by atoms with van der Waals surface area (Å²) in [7, 11) is 1.81. The van der Waals surface area contributed by atoms with Crippen molar-refractivity contribution in [1.29, 1.82) is 0 Å². The van der Waals surface area contributed by atoms with E-state index in [0.717, 1.165) is 16.3 Å². The number of thioether (sulfide) groups is 1. The molecule has 1 aromatic carbocycles. The van der Waals surface area contributed by atoms with Gasteiger partial charge in [-0.3, -0.25) is 4.79 Å². The molecule has 0 spiro atoms. The van der Waals surface area contributed by atoms with Crippen molar-refractivity contribution in [2.75, 3.05) is 23.9 Å². The van der Waals surface area contributed by atoms with Crippen molar-refractivity contribution in [3.8, 4) is 0 Å². The Bertz CT molecular complexity index is 552. The van der Waals surface area contributed by atoms with Gasteiger partial charge < -0.3 is 10.6 Å². The summed E-state index contributed by atoms with van der Waals surface area (Å²) in [6.07, 6.45) is 3.65. The average Bonchev–Trinajstić information content (AvgIpc) is 2.48. The Labute approximate surface area is 116 Å². The summed E-state index contributed by atoms with van der Waals surface area (Å²) >= 11 is 1.66. The van der Waals surface area contributed by atoms with Crippen LogP contribution in [0.5, 0.6) is 0 Å². The van der Waals surface area contributed by atoms with Crippen LogP contribution in [0.15, 0.2) is 47.5 Å². The number of nitrogens with one attached hydrogen (secondary N) is 2. The average molecular weight is 273 g/mol. The molecule has 0 bridgehead atoms. The maximum absolute atomic E-state index is 12.0. The fourth-order valence-electron chi connectivity index (χ4n) is 1.55. The highest BCUT2D eigenvalue weighted by Gasteiger charge is 2.07. The summed E-state index contributed by atoms with van der Waals surface area (Å²) in [5.74, 6) is -0.209. The van der Waals surface area contributed by atoms with Crippen LogP contribution in [0.1, 0.15) is 10.5 Å². The minimum Gasteiger partial charge on any atom is -0.387 e. The lowest BCUT2D eigenvalue weighted by Crippen LogP contribution is -2.13. The van der Waals surface area contributed by atoms with Gasteiger partial charge in [0.05, 0.1) is 11.9 Å². The molecule has 1 amide bonds. The first kappa shape index (κ1) is 13.4. The first-order valence-corrected chi connectivity index (χ1v) is 7.04. The monoisotopic (exact) mass is 273 g/mol. The molecule has 1 aromatic heterocycles. The largest absolute Gasteiger partial charge is 0.387 e. The third-order valence-electron chi connectivity index (χ3n) is 2.63. The maximum atomic E-state index is 12.0. The van der Waals surface area contributed by atoms with Crippen molar-refractivity contribution in [3.63, 3.8) is 0 Å². The zero-order chi connectivity index (χ0) is 13.7. The molecule has 2 N–H and O–H groups in total. The molecule has 2 rings (SSSR count). The minimum atomic E-state index is -0.209. The number of aromatic nitrogens is 1. The zero-order valence-electron chi connectivity index (χ0n) is 10.8. The fraction of sp³-hybridized carbons (Fsp3) is 0.143. The second kappa shape index (κ2) is 6.24. The molecule has 0 unspecified atom stereocenters. The Kier molecular flexibility index (Phi) is 4.41. The number of hydrogen-bond donors (Lipinski definition) is 2. The highest BCUT2D eigenvalue weighted by atomic mass is 32.2. The van der Waals surface area contributed by atoms with Crippen LogP contribution >= 0.6 is 11.8 Å². The van der Waals surface area contributed by atoms with Crippen molar-refractivity contribution < 1.29 is 4.79 Å². The molecule has 2 aromatic rings. The molecular formula is C14H15N3OS. The molecule has 5 heteroatoms. The van der Waals surface area contributed by atoms with Crippen LogP contribution in [0.4, 0.5) is 11.4 Å². The lowest BCUT2D eigenvalue weighted by atomic mass is 10.3. The van der Waals surface area contributed by atoms with Gasteiger partial charge >= 0.3 is 0 Å². The van der Waals surface area contributed by atoms with Gasteiger partial charge in [0, 0.05) is 17.6 Å². The summed E-state index contributed by atoms with van der Waals surface area (Å²) < 4.78 is 0. The van der Waals surface area contributed by atoms with Gasteiger partial charge in [-0.2, -0.15) is 0 Å². The minimum absolute atomic E-state index is 0.209. The fourth-order valence-corrected chi connectivity index (χ4v) is 1.95. The highest BCUT2D eigenvalue weighted by Crippen LogP contribution is 2.18. The molecule has 98 valence electrons. The van der Waals surface area contributed by atoms with E-state index in [-0.39, 0.29) is 5.91 Å². The van der Waals surface area contributed by atoms with Gasteiger partial charge in [0.1, 0.15) is 5.69 Å². The van der Waals surface area contributed by atoms with Crippen LogP contribution in [0.25, 0.3) is 0 Å². The highest BCUT2D eigenvalue weighted by molar-refractivity contribution is 7.98. The Balaban J connectivity index is 2.06. The molecule has 0 radical (unpaired) electrons. The number of rotatable bonds is 4. The quantitative estimate of drug-likeness (QED) is 0.840. The molecule has 0 atom stereocenters. The van der Waals surface area contributed by atoms with Gasteiger partial charge in [-0.1, -0.05) is 0 Å². The first-order valence-electron chi connectivity index (χ1n) is 5.82. The topological polar surface area (TPSA) is 54.0 Å². The Hall–Kier alpha value is -2.01. The van der Waals surface area contributed by atoms with Crippen molar-refractivity contribution >= 4 is 29.0 Å². The molecular weight excluding hydrogens is 258 g/mol. The van der Waals surface area contributed by atoms with Gasteiger partial charge in [0.25, 0.3) is 5.91 Å². The number of carbonyl (C=O) groups is 1. The van der Waals surface area contributed by atoms with Crippen molar-refractivity contribution in [2.24, 2.45) is 0 Å². The maximum Gasteiger partial charge on any atom is 0.274 e. The zero-order valence-corrected chi connectivity index (χ0v) is 11.6. The summed E-state index contributed by atoms with van der Waals surface area (Å²) in [4.78, 5) is 17.2. The molecule has 0 saturated heterocycles. The number of nitrogens with zero attached hydrogens (tertiary/aromatic N) is 1. The summed E-state index contributed by atoms with van der Waals surface area (Å²) in [6.45, 7) is 0. The lowest BCUT2D eigenvalue weighted by Gasteiger charge is -2.06. The number of carbonyl (C=O) groups excluding carboxylic acids is 1. The third kappa shape index (κ3) is 3.48. The molecule has 0 aliphatic rings. The Morgan fingerprint density at radius 1 is 1.11 bits per heavy atom. The van der Waals surface area contributed by atoms with Crippen LogP contribution in [0.3, 0.4) is 0 Å². The van der Waals surface area contributed by atoms with Gasteiger partial charge in [-0.05, 0) is 42.7 Å². The van der Waals surface area contributed by atoms with Crippen LogP contribution in [-0.4, -0.2) is 24.2 Å². The summed E-state index contributed by atoms with van der Waals surface area (Å²) in [5, 5.41) is 5.77. The predicted octanol–water partition coefficient (Wildman–Crippen LogP) is 3.10. The van der Waals surface area contributed by atoms with Crippen LogP contribution in [-0.2, 0) is 0 Å². The molecule has 0 aliphatic heterocycles. The SMILES string of the molecule is CNc1ccc(C(=O)Nc2ccc(SC)cc2)nc1. The summed E-state index contributed by atoms with van der Waals surface area (Å²) in [5.41, 5.74) is 2.04. The van der Waals surface area contributed by atoms with Crippen molar-refractivity contribution in [2.45, 2.75) is 4.90 Å². The van der Waals surface area contributed by atoms with E-state index in [0.29, 0.717) is 5.69 Å². The number of hydrogen-bond acceptors (Lipinski definition) is 4. The van der Waals surface area contributed by atoms with E-state index < -0.39 is 0 Å². The normalized spacial score (nSPS) is 10.0. The van der Waals surface area contributed by atoms with E-state index in [1.54, 1.807) is 24.0 Å². The van der Waals surface area contributed by atoms with Gasteiger partial charge in [0.2, 0.25) is 0 Å². The molecule has 19 heavy (non-hydrogen) atoms. The van der Waals surface area contributed by atoms with Crippen LogP contribution in [0.2, 0.25) is 0 Å². The third-order valence-corrected chi connectivity index (χ3v) is 3.38. The number of benzene rings is 1. The second-order valence-electron chi connectivity index (χ2n) is 3.86.